The fourth-order valence-electron chi connectivity index (χ4n) is 4.40. The van der Waals surface area contributed by atoms with Crippen LogP contribution in [0.3, 0.4) is 0 Å². The number of nitrogens with zero attached hydrogens (tertiary/aromatic N) is 3. The average Bonchev–Trinajstić information content (AvgIpc) is 2.86. The van der Waals surface area contributed by atoms with E-state index in [1.54, 1.807) is 18.2 Å². The maximum atomic E-state index is 12.3. The van der Waals surface area contributed by atoms with Crippen molar-refractivity contribution in [1.82, 2.24) is 9.80 Å². The van der Waals surface area contributed by atoms with Crippen molar-refractivity contribution in [2.75, 3.05) is 51.1 Å². The summed E-state index contributed by atoms with van der Waals surface area (Å²) in [7, 11) is -4.00. The van der Waals surface area contributed by atoms with Crippen molar-refractivity contribution in [3.05, 3.63) is 60.2 Å². The number of Topliss-reactive ketones (excluding diaryl/α,β-unsaturated/α-hetero) is 1. The van der Waals surface area contributed by atoms with E-state index >= 15 is 0 Å². The number of nitriles is 1. The fraction of sp³-hybridized carbons (Fsp3) is 0.500. The summed E-state index contributed by atoms with van der Waals surface area (Å²) in [4.78, 5) is 17.0. The van der Waals surface area contributed by atoms with Crippen LogP contribution in [0.4, 0.5) is 5.69 Å². The monoisotopic (exact) mass is 542 g/mol. The Balaban J connectivity index is 0.000000336. The van der Waals surface area contributed by atoms with Crippen molar-refractivity contribution in [2.24, 2.45) is 5.41 Å². The van der Waals surface area contributed by atoms with Gasteiger partial charge in [-0.1, -0.05) is 39.0 Å². The van der Waals surface area contributed by atoms with Crippen molar-refractivity contribution >= 4 is 21.6 Å². The van der Waals surface area contributed by atoms with Crippen LogP contribution >= 0.6 is 0 Å². The third-order valence-electron chi connectivity index (χ3n) is 6.47. The lowest BCUT2D eigenvalue weighted by atomic mass is 9.90. The molecule has 2 saturated heterocycles. The normalized spacial score (nSPS) is 20.1. The highest BCUT2D eigenvalue weighted by Crippen LogP contribution is 2.22. The van der Waals surface area contributed by atoms with Crippen LogP contribution in [0.5, 0.6) is 0 Å². The lowest BCUT2D eigenvalue weighted by Gasteiger charge is -2.46. The summed E-state index contributed by atoms with van der Waals surface area (Å²) < 4.78 is 35.3. The van der Waals surface area contributed by atoms with Gasteiger partial charge in [-0.25, -0.2) is 0 Å². The van der Waals surface area contributed by atoms with Crippen LogP contribution in [0.15, 0.2) is 59.5 Å². The first-order valence-electron chi connectivity index (χ1n) is 12.8. The zero-order valence-corrected chi connectivity index (χ0v) is 23.2. The molecule has 2 atom stereocenters. The van der Waals surface area contributed by atoms with E-state index in [0.29, 0.717) is 17.9 Å². The lowest BCUT2D eigenvalue weighted by molar-refractivity contribution is -0.147. The van der Waals surface area contributed by atoms with Gasteiger partial charge < -0.3 is 10.1 Å². The number of ketones is 1. The Labute approximate surface area is 226 Å². The van der Waals surface area contributed by atoms with E-state index in [1.165, 1.54) is 12.1 Å². The predicted octanol–water partition coefficient (Wildman–Crippen LogP) is 3.29. The summed E-state index contributed by atoms with van der Waals surface area (Å²) in [6.45, 7) is 12.0. The number of benzene rings is 2. The van der Waals surface area contributed by atoms with Crippen LogP contribution in [-0.2, 0) is 19.6 Å². The first-order valence-corrected chi connectivity index (χ1v) is 14.3. The fourth-order valence-corrected chi connectivity index (χ4v) is 4.90. The third-order valence-corrected chi connectivity index (χ3v) is 7.34. The van der Waals surface area contributed by atoms with Gasteiger partial charge in [0, 0.05) is 50.4 Å². The predicted molar refractivity (Wildman–Crippen MR) is 147 cm³/mol. The molecule has 2 heterocycles. The van der Waals surface area contributed by atoms with Crippen LogP contribution in [0.2, 0.25) is 0 Å². The molecule has 2 aliphatic rings. The highest BCUT2D eigenvalue weighted by molar-refractivity contribution is 7.85. The van der Waals surface area contributed by atoms with Crippen molar-refractivity contribution in [2.45, 2.75) is 44.3 Å². The van der Waals surface area contributed by atoms with Crippen LogP contribution in [0, 0.1) is 16.7 Å². The maximum absolute atomic E-state index is 12.3. The van der Waals surface area contributed by atoms with Crippen LogP contribution < -0.4 is 5.32 Å². The zero-order valence-electron chi connectivity index (χ0n) is 22.3. The van der Waals surface area contributed by atoms with Gasteiger partial charge in [0.2, 0.25) is 0 Å². The van der Waals surface area contributed by atoms with Gasteiger partial charge in [0.25, 0.3) is 10.1 Å². The van der Waals surface area contributed by atoms with E-state index in [1.807, 2.05) is 45.0 Å². The van der Waals surface area contributed by atoms with E-state index in [9.17, 15) is 13.2 Å². The van der Waals surface area contributed by atoms with Gasteiger partial charge in [-0.05, 0) is 42.8 Å². The van der Waals surface area contributed by atoms with Crippen molar-refractivity contribution in [3.63, 3.8) is 0 Å². The second kappa shape index (κ2) is 13.3. The molecule has 2 fully saturated rings. The topological polar surface area (TPSA) is 123 Å². The first kappa shape index (κ1) is 29.7. The second-order valence-electron chi connectivity index (χ2n) is 10.8. The summed E-state index contributed by atoms with van der Waals surface area (Å²) in [6, 6.07) is 17.1. The molecule has 4 rings (SSSR count). The lowest BCUT2D eigenvalue weighted by Crippen LogP contribution is -2.60. The molecule has 2 aromatic rings. The molecule has 2 N–H and O–H groups in total. The highest BCUT2D eigenvalue weighted by atomic mass is 32.2. The van der Waals surface area contributed by atoms with Gasteiger partial charge in [0.05, 0.1) is 35.3 Å². The van der Waals surface area contributed by atoms with E-state index in [4.69, 9.17) is 14.6 Å². The van der Waals surface area contributed by atoms with Crippen molar-refractivity contribution in [3.8, 4) is 6.07 Å². The van der Waals surface area contributed by atoms with Gasteiger partial charge in [-0.2, -0.15) is 13.7 Å². The van der Waals surface area contributed by atoms with Gasteiger partial charge in [0.15, 0.2) is 5.78 Å². The number of morpholine rings is 2. The smallest absolute Gasteiger partial charge is 0.294 e. The quantitative estimate of drug-likeness (QED) is 0.382. The van der Waals surface area contributed by atoms with Gasteiger partial charge in [0.1, 0.15) is 0 Å². The summed E-state index contributed by atoms with van der Waals surface area (Å²) in [5, 5.41) is 12.3. The molecule has 0 aromatic heterocycles. The van der Waals surface area contributed by atoms with Gasteiger partial charge in [-0.15, -0.1) is 0 Å². The summed E-state index contributed by atoms with van der Waals surface area (Å²) in [6.07, 6.45) is 1.46. The molecule has 0 spiro atoms. The number of hydrogen-bond donors (Lipinski definition) is 2. The Kier molecular flexibility index (Phi) is 10.4. The molecule has 0 saturated carbocycles. The third kappa shape index (κ3) is 9.49. The molecule has 9 nitrogen and oxygen atoms in total. The maximum Gasteiger partial charge on any atom is 0.294 e. The number of ether oxygens (including phenoxy) is 1. The number of anilines is 1. The zero-order chi connectivity index (χ0) is 27.8. The van der Waals surface area contributed by atoms with E-state index < -0.39 is 10.1 Å². The molecule has 0 amide bonds. The molecule has 10 heteroatoms. The standard InChI is InChI=1S/C22H32N4O2.C6H6O3S/c1-22(2,3)21(27)16-26-14-19-12-25(13-20(15-26)28-19)10-4-9-24-18-7-5-17(11-23)6-8-18;7-10(8,9)6-4-2-1-3-5-6/h5-8,19-20,24H,4,9-10,12-16H2,1-3H3;1-5H,(H,7,8,9). The molecular weight excluding hydrogens is 504 g/mol. The molecular formula is C28H38N4O5S. The molecule has 2 aromatic carbocycles. The Morgan fingerprint density at radius 2 is 1.61 bits per heavy atom. The van der Waals surface area contributed by atoms with Crippen LogP contribution in [0.1, 0.15) is 32.8 Å². The molecule has 2 aliphatic heterocycles. The Hall–Kier alpha value is -2.81. The number of carbonyl (C=O) groups is 1. The van der Waals surface area contributed by atoms with Gasteiger partial charge in [-0.3, -0.25) is 19.1 Å². The number of nitrogens with one attached hydrogen (secondary N) is 1. The van der Waals surface area contributed by atoms with E-state index in [2.05, 4.69) is 21.2 Å². The molecule has 0 aliphatic carbocycles. The first-order chi connectivity index (χ1) is 17.9. The molecule has 206 valence electrons. The minimum absolute atomic E-state index is 0.0741. The van der Waals surface area contributed by atoms with Crippen molar-refractivity contribution in [1.29, 1.82) is 5.26 Å². The Bertz CT molecular complexity index is 1180. The summed E-state index contributed by atoms with van der Waals surface area (Å²) in [5.74, 6) is 0.304. The number of carbonyl (C=O) groups excluding carboxylic acids is 1. The van der Waals surface area contributed by atoms with Crippen molar-refractivity contribution < 1.29 is 22.5 Å². The number of hydrogen-bond acceptors (Lipinski definition) is 8. The summed E-state index contributed by atoms with van der Waals surface area (Å²) in [5.41, 5.74) is 1.46. The molecule has 38 heavy (non-hydrogen) atoms. The average molecular weight is 543 g/mol. The number of fused-ring (bicyclic) bond motifs is 2. The minimum Gasteiger partial charge on any atom is -0.385 e. The van der Waals surface area contributed by atoms with Gasteiger partial charge >= 0.3 is 0 Å². The SMILES string of the molecule is CC(C)(C)C(=O)CN1CC2CN(CCCNc3ccc(C#N)cc3)CC(C1)O2.O=S(=O)(O)c1ccccc1. The molecule has 2 unspecified atom stereocenters. The largest absolute Gasteiger partial charge is 0.385 e. The van der Waals surface area contributed by atoms with Crippen LogP contribution in [0.25, 0.3) is 0 Å². The molecule has 2 bridgehead atoms. The minimum atomic E-state index is -4.00. The summed E-state index contributed by atoms with van der Waals surface area (Å²) >= 11 is 0. The number of rotatable bonds is 8. The van der Waals surface area contributed by atoms with E-state index in [0.717, 1.165) is 51.4 Å². The Morgan fingerprint density at radius 1 is 1.03 bits per heavy atom. The Morgan fingerprint density at radius 3 is 2.11 bits per heavy atom. The van der Waals surface area contributed by atoms with E-state index in [-0.39, 0.29) is 22.5 Å². The molecule has 0 radical (unpaired) electrons. The second-order valence-corrected chi connectivity index (χ2v) is 12.2. The highest BCUT2D eigenvalue weighted by Gasteiger charge is 2.36. The van der Waals surface area contributed by atoms with Crippen LogP contribution in [-0.4, -0.2) is 86.6 Å².